The molecule has 1 aromatic carbocycles. The Hall–Kier alpha value is -1.85. The van der Waals surface area contributed by atoms with E-state index in [2.05, 4.69) is 34.6 Å². The number of aliphatic imine (C=N–C) groups is 1. The summed E-state index contributed by atoms with van der Waals surface area (Å²) in [6, 6.07) is 8.32. The molecular formula is C14H20N4O. The van der Waals surface area contributed by atoms with Gasteiger partial charge in [-0.05, 0) is 24.3 Å². The van der Waals surface area contributed by atoms with Crippen LogP contribution in [-0.2, 0) is 17.9 Å². The lowest BCUT2D eigenvalue weighted by Crippen LogP contribution is -2.37. The fourth-order valence-electron chi connectivity index (χ4n) is 1.82. The van der Waals surface area contributed by atoms with Crippen LogP contribution >= 0.6 is 0 Å². The molecule has 19 heavy (non-hydrogen) atoms. The van der Waals surface area contributed by atoms with Gasteiger partial charge in [-0.2, -0.15) is 0 Å². The maximum Gasteiger partial charge on any atom is 0.229 e. The van der Waals surface area contributed by atoms with Gasteiger partial charge in [-0.15, -0.1) is 0 Å². The molecule has 1 aliphatic heterocycles. The standard InChI is InChI=1S/C14H20N4O/c1-16-9-11-3-5-12(6-4-11)10-19-14-17-8-7-13(15)18(14)2/h3-8,14,16H,9-10,15H2,1-2H3. The minimum Gasteiger partial charge on any atom is -0.385 e. The van der Waals surface area contributed by atoms with Crippen LogP contribution in [0.1, 0.15) is 11.1 Å². The number of hydrogen-bond donors (Lipinski definition) is 2. The summed E-state index contributed by atoms with van der Waals surface area (Å²) in [6.45, 7) is 1.39. The zero-order valence-corrected chi connectivity index (χ0v) is 11.3. The van der Waals surface area contributed by atoms with Gasteiger partial charge in [0.2, 0.25) is 6.35 Å². The van der Waals surface area contributed by atoms with E-state index in [1.807, 2.05) is 14.1 Å². The van der Waals surface area contributed by atoms with Gasteiger partial charge in [0.05, 0.1) is 6.61 Å². The zero-order valence-electron chi connectivity index (χ0n) is 11.3. The SMILES string of the molecule is CNCc1ccc(COC2N=CC=C(N)N2C)cc1. The molecule has 5 heteroatoms. The highest BCUT2D eigenvalue weighted by molar-refractivity contribution is 5.72. The van der Waals surface area contributed by atoms with Crippen molar-refractivity contribution in [2.45, 2.75) is 19.5 Å². The van der Waals surface area contributed by atoms with Crippen molar-refractivity contribution in [2.75, 3.05) is 14.1 Å². The summed E-state index contributed by atoms with van der Waals surface area (Å²) in [5.41, 5.74) is 8.18. The number of hydrogen-bond acceptors (Lipinski definition) is 5. The van der Waals surface area contributed by atoms with Gasteiger partial charge in [-0.25, -0.2) is 4.99 Å². The number of allylic oxidation sites excluding steroid dienone is 1. The third-order valence-electron chi connectivity index (χ3n) is 3.00. The van der Waals surface area contributed by atoms with Crippen LogP contribution in [-0.4, -0.2) is 31.6 Å². The van der Waals surface area contributed by atoms with E-state index in [4.69, 9.17) is 10.5 Å². The summed E-state index contributed by atoms with van der Waals surface area (Å²) in [7, 11) is 3.80. The summed E-state index contributed by atoms with van der Waals surface area (Å²) >= 11 is 0. The number of nitrogens with two attached hydrogens (primary N) is 1. The first-order valence-corrected chi connectivity index (χ1v) is 6.26. The topological polar surface area (TPSA) is 62.9 Å². The van der Waals surface area contributed by atoms with E-state index in [0.717, 1.165) is 12.1 Å². The molecule has 0 amide bonds. The van der Waals surface area contributed by atoms with E-state index in [-0.39, 0.29) is 6.35 Å². The lowest BCUT2D eigenvalue weighted by atomic mass is 10.1. The average molecular weight is 260 g/mol. The Bertz CT molecular complexity index is 467. The van der Waals surface area contributed by atoms with Crippen LogP contribution in [0.4, 0.5) is 0 Å². The van der Waals surface area contributed by atoms with Crippen molar-refractivity contribution >= 4 is 6.21 Å². The van der Waals surface area contributed by atoms with E-state index in [1.54, 1.807) is 17.2 Å². The molecule has 1 unspecified atom stereocenters. The predicted octanol–water partition coefficient (Wildman–Crippen LogP) is 1.02. The predicted molar refractivity (Wildman–Crippen MR) is 76.3 cm³/mol. The monoisotopic (exact) mass is 260 g/mol. The quantitative estimate of drug-likeness (QED) is 0.830. The number of nitrogens with one attached hydrogen (secondary N) is 1. The Balaban J connectivity index is 1.88. The van der Waals surface area contributed by atoms with Crippen LogP contribution in [0, 0.1) is 0 Å². The number of nitrogens with zero attached hydrogens (tertiary/aromatic N) is 2. The summed E-state index contributed by atoms with van der Waals surface area (Å²) < 4.78 is 5.74. The molecule has 1 aromatic rings. The van der Waals surface area contributed by atoms with Crippen LogP contribution in [0.5, 0.6) is 0 Å². The summed E-state index contributed by atoms with van der Waals surface area (Å²) in [5, 5.41) is 3.12. The number of benzene rings is 1. The molecule has 102 valence electrons. The molecule has 0 bridgehead atoms. The second-order valence-electron chi connectivity index (χ2n) is 4.48. The summed E-state index contributed by atoms with van der Waals surface area (Å²) in [6.07, 6.45) is 3.09. The second-order valence-corrected chi connectivity index (χ2v) is 4.48. The highest BCUT2D eigenvalue weighted by Gasteiger charge is 2.16. The molecule has 0 saturated heterocycles. The molecule has 0 radical (unpaired) electrons. The molecule has 1 heterocycles. The number of ether oxygens (including phenoxy) is 1. The molecule has 0 saturated carbocycles. The van der Waals surface area contributed by atoms with Gasteiger partial charge >= 0.3 is 0 Å². The average Bonchev–Trinajstić information content (AvgIpc) is 2.42. The minimum atomic E-state index is -0.345. The minimum absolute atomic E-state index is 0.345. The largest absolute Gasteiger partial charge is 0.385 e. The molecule has 0 fully saturated rings. The van der Waals surface area contributed by atoms with E-state index >= 15 is 0 Å². The summed E-state index contributed by atoms with van der Waals surface area (Å²) in [5.74, 6) is 0.657. The van der Waals surface area contributed by atoms with Crippen molar-refractivity contribution in [3.8, 4) is 0 Å². The van der Waals surface area contributed by atoms with Gasteiger partial charge in [0.1, 0.15) is 5.82 Å². The molecule has 5 nitrogen and oxygen atoms in total. The fraction of sp³-hybridized carbons (Fsp3) is 0.357. The lowest BCUT2D eigenvalue weighted by Gasteiger charge is -2.28. The van der Waals surface area contributed by atoms with Crippen LogP contribution in [0.15, 0.2) is 41.2 Å². The van der Waals surface area contributed by atoms with Crippen molar-refractivity contribution in [2.24, 2.45) is 10.7 Å². The Morgan fingerprint density at radius 1 is 1.32 bits per heavy atom. The number of rotatable bonds is 5. The first kappa shape index (κ1) is 13.6. The molecule has 0 aliphatic carbocycles. The molecule has 1 atom stereocenters. The van der Waals surface area contributed by atoms with Crippen LogP contribution in [0.3, 0.4) is 0 Å². The van der Waals surface area contributed by atoms with E-state index in [1.165, 1.54) is 5.56 Å². The Morgan fingerprint density at radius 2 is 2.00 bits per heavy atom. The molecule has 3 N–H and O–H groups in total. The Labute approximate surface area is 113 Å². The summed E-state index contributed by atoms with van der Waals surface area (Å²) in [4.78, 5) is 6.04. The van der Waals surface area contributed by atoms with Crippen molar-refractivity contribution in [3.63, 3.8) is 0 Å². The van der Waals surface area contributed by atoms with Gasteiger partial charge in [-0.1, -0.05) is 24.3 Å². The van der Waals surface area contributed by atoms with Crippen LogP contribution in [0.2, 0.25) is 0 Å². The van der Waals surface area contributed by atoms with Crippen molar-refractivity contribution in [3.05, 3.63) is 47.3 Å². The fourth-order valence-corrected chi connectivity index (χ4v) is 1.82. The van der Waals surface area contributed by atoms with E-state index in [9.17, 15) is 0 Å². The lowest BCUT2D eigenvalue weighted by molar-refractivity contribution is -0.0373. The van der Waals surface area contributed by atoms with Gasteiger partial charge in [-0.3, -0.25) is 0 Å². The maximum atomic E-state index is 5.80. The van der Waals surface area contributed by atoms with Gasteiger partial charge < -0.3 is 20.7 Å². The van der Waals surface area contributed by atoms with Crippen LogP contribution in [0.25, 0.3) is 0 Å². The van der Waals surface area contributed by atoms with E-state index in [0.29, 0.717) is 12.4 Å². The second kappa shape index (κ2) is 6.36. The van der Waals surface area contributed by atoms with Crippen molar-refractivity contribution < 1.29 is 4.74 Å². The normalized spacial score (nSPS) is 18.5. The molecule has 0 aromatic heterocycles. The van der Waals surface area contributed by atoms with Crippen molar-refractivity contribution in [1.29, 1.82) is 0 Å². The highest BCUT2D eigenvalue weighted by atomic mass is 16.5. The Kier molecular flexibility index (Phi) is 4.54. The molecular weight excluding hydrogens is 240 g/mol. The zero-order chi connectivity index (χ0) is 13.7. The van der Waals surface area contributed by atoms with Crippen molar-refractivity contribution in [1.82, 2.24) is 10.2 Å². The van der Waals surface area contributed by atoms with Gasteiger partial charge in [0.15, 0.2) is 0 Å². The Morgan fingerprint density at radius 3 is 2.68 bits per heavy atom. The van der Waals surface area contributed by atoms with Gasteiger partial charge in [0.25, 0.3) is 0 Å². The molecule has 1 aliphatic rings. The third-order valence-corrected chi connectivity index (χ3v) is 3.00. The first-order chi connectivity index (χ1) is 9.20. The maximum absolute atomic E-state index is 5.80. The third kappa shape index (κ3) is 3.56. The molecule has 0 spiro atoms. The van der Waals surface area contributed by atoms with Crippen LogP contribution < -0.4 is 11.1 Å². The first-order valence-electron chi connectivity index (χ1n) is 6.26. The van der Waals surface area contributed by atoms with Gasteiger partial charge in [0, 0.05) is 19.8 Å². The highest BCUT2D eigenvalue weighted by Crippen LogP contribution is 2.12. The molecule has 2 rings (SSSR count). The smallest absolute Gasteiger partial charge is 0.229 e. The van der Waals surface area contributed by atoms with E-state index < -0.39 is 0 Å².